The third-order valence-corrected chi connectivity index (χ3v) is 4.08. The third kappa shape index (κ3) is 3.32. The first-order valence-electron chi connectivity index (χ1n) is 6.67. The predicted octanol–water partition coefficient (Wildman–Crippen LogP) is 3.43. The first kappa shape index (κ1) is 14.9. The van der Waals surface area contributed by atoms with Crippen molar-refractivity contribution < 1.29 is 4.92 Å². The molecule has 1 unspecified atom stereocenters. The molecule has 0 fully saturated rings. The number of benzene rings is 1. The normalized spacial score (nSPS) is 13.1. The van der Waals surface area contributed by atoms with Crippen LogP contribution in [0.3, 0.4) is 0 Å². The molecule has 0 aliphatic rings. The van der Waals surface area contributed by atoms with Gasteiger partial charge in [0.15, 0.2) is 0 Å². The molecule has 2 aromatic rings. The lowest BCUT2D eigenvalue weighted by molar-refractivity contribution is -0.385. The summed E-state index contributed by atoms with van der Waals surface area (Å²) < 4.78 is 0.857. The third-order valence-electron chi connectivity index (χ3n) is 3.15. The lowest BCUT2D eigenvalue weighted by Gasteiger charge is -2.14. The number of rotatable bonds is 5. The SMILES string of the molecule is Cc1nc2cc(CC(N)CC(C)C)c([N+](=O)[O-])cc2s1. The van der Waals surface area contributed by atoms with E-state index in [0.29, 0.717) is 17.9 Å². The Morgan fingerprint density at radius 1 is 1.45 bits per heavy atom. The van der Waals surface area contributed by atoms with Gasteiger partial charge in [0, 0.05) is 17.7 Å². The predicted molar refractivity (Wildman–Crippen MR) is 82.1 cm³/mol. The van der Waals surface area contributed by atoms with E-state index in [0.717, 1.165) is 21.6 Å². The molecule has 5 nitrogen and oxygen atoms in total. The van der Waals surface area contributed by atoms with Gasteiger partial charge >= 0.3 is 0 Å². The van der Waals surface area contributed by atoms with Crippen molar-refractivity contribution >= 4 is 27.2 Å². The fraction of sp³-hybridized carbons (Fsp3) is 0.500. The standard InChI is InChI=1S/C14H19N3O2S/c1-8(2)4-11(15)5-10-6-12-14(20-9(3)16-12)7-13(10)17(18)19/h6-8,11H,4-5,15H2,1-3H3. The van der Waals surface area contributed by atoms with Gasteiger partial charge in [-0.3, -0.25) is 10.1 Å². The van der Waals surface area contributed by atoms with E-state index >= 15 is 0 Å². The molecule has 0 spiro atoms. The van der Waals surface area contributed by atoms with Crippen LogP contribution < -0.4 is 5.73 Å². The fourth-order valence-electron chi connectivity index (χ4n) is 2.43. The quantitative estimate of drug-likeness (QED) is 0.676. The zero-order valence-corrected chi connectivity index (χ0v) is 12.7. The number of hydrogen-bond acceptors (Lipinski definition) is 5. The van der Waals surface area contributed by atoms with Gasteiger partial charge in [-0.25, -0.2) is 4.98 Å². The minimum absolute atomic E-state index is 0.0640. The Labute approximate surface area is 122 Å². The molecule has 0 radical (unpaired) electrons. The molecule has 6 heteroatoms. The van der Waals surface area contributed by atoms with Crippen LogP contribution >= 0.6 is 11.3 Å². The van der Waals surface area contributed by atoms with E-state index in [1.165, 1.54) is 11.3 Å². The molecular formula is C14H19N3O2S. The second-order valence-electron chi connectivity index (χ2n) is 5.53. The Morgan fingerprint density at radius 2 is 2.15 bits per heavy atom. The monoisotopic (exact) mass is 293 g/mol. The van der Waals surface area contributed by atoms with Crippen LogP contribution in [0.25, 0.3) is 10.2 Å². The number of nitro benzene ring substituents is 1. The highest BCUT2D eigenvalue weighted by Crippen LogP contribution is 2.30. The van der Waals surface area contributed by atoms with Crippen LogP contribution in [0, 0.1) is 23.0 Å². The van der Waals surface area contributed by atoms with E-state index < -0.39 is 0 Å². The molecule has 2 rings (SSSR count). The molecule has 0 aliphatic heterocycles. The average Bonchev–Trinajstić information content (AvgIpc) is 2.65. The van der Waals surface area contributed by atoms with E-state index in [-0.39, 0.29) is 16.7 Å². The molecule has 108 valence electrons. The van der Waals surface area contributed by atoms with E-state index in [4.69, 9.17) is 5.73 Å². The number of aryl methyl sites for hydroxylation is 1. The summed E-state index contributed by atoms with van der Waals surface area (Å²) in [6.45, 7) is 6.10. The molecule has 1 aromatic carbocycles. The van der Waals surface area contributed by atoms with Crippen molar-refractivity contribution in [2.24, 2.45) is 11.7 Å². The van der Waals surface area contributed by atoms with Crippen LogP contribution in [0.1, 0.15) is 30.8 Å². The number of nitro groups is 1. The first-order chi connectivity index (χ1) is 9.36. The molecule has 1 heterocycles. The van der Waals surface area contributed by atoms with Gasteiger partial charge in [-0.2, -0.15) is 0 Å². The Kier molecular flexibility index (Phi) is 4.35. The minimum Gasteiger partial charge on any atom is -0.327 e. The molecule has 0 saturated carbocycles. The van der Waals surface area contributed by atoms with Gasteiger partial charge in [0.1, 0.15) is 0 Å². The highest BCUT2D eigenvalue weighted by atomic mass is 32.1. The lowest BCUT2D eigenvalue weighted by Crippen LogP contribution is -2.25. The van der Waals surface area contributed by atoms with Crippen molar-refractivity contribution in [3.05, 3.63) is 32.8 Å². The van der Waals surface area contributed by atoms with E-state index in [1.54, 1.807) is 6.07 Å². The van der Waals surface area contributed by atoms with Crippen molar-refractivity contribution in [2.75, 3.05) is 0 Å². The number of nitrogens with two attached hydrogens (primary N) is 1. The van der Waals surface area contributed by atoms with Crippen LogP contribution in [-0.4, -0.2) is 15.9 Å². The van der Waals surface area contributed by atoms with Gasteiger partial charge in [-0.15, -0.1) is 11.3 Å². The topological polar surface area (TPSA) is 82.0 Å². The maximum atomic E-state index is 11.2. The summed E-state index contributed by atoms with van der Waals surface area (Å²) in [5, 5.41) is 12.1. The lowest BCUT2D eigenvalue weighted by atomic mass is 9.97. The van der Waals surface area contributed by atoms with E-state index in [1.807, 2.05) is 13.0 Å². The smallest absolute Gasteiger partial charge is 0.274 e. The van der Waals surface area contributed by atoms with Crippen LogP contribution in [0.2, 0.25) is 0 Å². The van der Waals surface area contributed by atoms with Gasteiger partial charge in [0.2, 0.25) is 0 Å². The Balaban J connectivity index is 2.38. The molecule has 0 bridgehead atoms. The average molecular weight is 293 g/mol. The van der Waals surface area contributed by atoms with Crippen molar-refractivity contribution in [3.63, 3.8) is 0 Å². The van der Waals surface area contributed by atoms with Crippen LogP contribution in [-0.2, 0) is 6.42 Å². The molecule has 0 aliphatic carbocycles. The van der Waals surface area contributed by atoms with E-state index in [9.17, 15) is 10.1 Å². The summed E-state index contributed by atoms with van der Waals surface area (Å²) in [5.41, 5.74) is 7.74. The number of hydrogen-bond donors (Lipinski definition) is 1. The highest BCUT2D eigenvalue weighted by molar-refractivity contribution is 7.18. The maximum Gasteiger partial charge on any atom is 0.274 e. The van der Waals surface area contributed by atoms with Crippen molar-refractivity contribution in [2.45, 2.75) is 39.7 Å². The first-order valence-corrected chi connectivity index (χ1v) is 7.48. The van der Waals surface area contributed by atoms with Gasteiger partial charge in [-0.1, -0.05) is 13.8 Å². The molecule has 0 saturated heterocycles. The Hall–Kier alpha value is -1.53. The second-order valence-corrected chi connectivity index (χ2v) is 6.77. The van der Waals surface area contributed by atoms with Crippen molar-refractivity contribution in [3.8, 4) is 0 Å². The highest BCUT2D eigenvalue weighted by Gasteiger charge is 2.19. The van der Waals surface area contributed by atoms with Crippen molar-refractivity contribution in [1.29, 1.82) is 0 Å². The van der Waals surface area contributed by atoms with Crippen molar-refractivity contribution in [1.82, 2.24) is 4.98 Å². The van der Waals surface area contributed by atoms with Crippen LogP contribution in [0.4, 0.5) is 5.69 Å². The summed E-state index contributed by atoms with van der Waals surface area (Å²) in [6, 6.07) is 3.38. The second kappa shape index (κ2) is 5.85. The van der Waals surface area contributed by atoms with Gasteiger partial charge in [0.25, 0.3) is 5.69 Å². The van der Waals surface area contributed by atoms with Crippen LogP contribution in [0.15, 0.2) is 12.1 Å². The largest absolute Gasteiger partial charge is 0.327 e. The number of thiazole rings is 1. The summed E-state index contributed by atoms with van der Waals surface area (Å²) in [6.07, 6.45) is 1.37. The zero-order chi connectivity index (χ0) is 14.9. The summed E-state index contributed by atoms with van der Waals surface area (Å²) in [7, 11) is 0. The number of aromatic nitrogens is 1. The van der Waals surface area contributed by atoms with Gasteiger partial charge in [0.05, 0.1) is 20.1 Å². The Bertz CT molecular complexity index is 637. The zero-order valence-electron chi connectivity index (χ0n) is 11.9. The van der Waals surface area contributed by atoms with Gasteiger partial charge < -0.3 is 5.73 Å². The molecule has 1 atom stereocenters. The Morgan fingerprint density at radius 3 is 2.75 bits per heavy atom. The van der Waals surface area contributed by atoms with Gasteiger partial charge in [-0.05, 0) is 31.7 Å². The number of nitrogens with zero attached hydrogens (tertiary/aromatic N) is 2. The molecule has 0 amide bonds. The molecule has 20 heavy (non-hydrogen) atoms. The maximum absolute atomic E-state index is 11.2. The molecule has 2 N–H and O–H groups in total. The van der Waals surface area contributed by atoms with Crippen LogP contribution in [0.5, 0.6) is 0 Å². The summed E-state index contributed by atoms with van der Waals surface area (Å²) in [5.74, 6) is 0.481. The molecule has 1 aromatic heterocycles. The van der Waals surface area contributed by atoms with E-state index in [2.05, 4.69) is 18.8 Å². The molecular weight excluding hydrogens is 274 g/mol. The fourth-order valence-corrected chi connectivity index (χ4v) is 3.27. The summed E-state index contributed by atoms with van der Waals surface area (Å²) in [4.78, 5) is 15.3. The number of fused-ring (bicyclic) bond motifs is 1. The minimum atomic E-state index is -0.327. The summed E-state index contributed by atoms with van der Waals surface area (Å²) >= 11 is 1.48.